The molecule has 0 aliphatic carbocycles. The average molecular weight is 486 g/mol. The van der Waals surface area contributed by atoms with Crippen LogP contribution in [0.25, 0.3) is 0 Å². The molecule has 2 N–H and O–H groups in total. The predicted molar refractivity (Wildman–Crippen MR) is 125 cm³/mol. The van der Waals surface area contributed by atoms with E-state index in [0.717, 1.165) is 34.4 Å². The molecule has 3 rings (SSSR count). The summed E-state index contributed by atoms with van der Waals surface area (Å²) in [4.78, 5) is 17.3. The molecule has 0 saturated carbocycles. The van der Waals surface area contributed by atoms with Gasteiger partial charge in [0.2, 0.25) is 5.96 Å². The van der Waals surface area contributed by atoms with Gasteiger partial charge in [-0.1, -0.05) is 28.9 Å². The lowest BCUT2D eigenvalue weighted by molar-refractivity contribution is 0.0976. The summed E-state index contributed by atoms with van der Waals surface area (Å²) < 4.78 is 16.7. The molecule has 0 unspecified atom stereocenters. The maximum Gasteiger partial charge on any atom is 0.258 e. The summed E-state index contributed by atoms with van der Waals surface area (Å²) in [5.41, 5.74) is 3.33. The van der Waals surface area contributed by atoms with Gasteiger partial charge in [-0.2, -0.15) is 5.10 Å². The number of aliphatic imine (C=N–C) groups is 1. The number of carbonyl (C=O) groups is 1. The second-order valence-corrected chi connectivity index (χ2v) is 8.13. The molecule has 0 radical (unpaired) electrons. The van der Waals surface area contributed by atoms with E-state index in [2.05, 4.69) is 43.6 Å². The van der Waals surface area contributed by atoms with E-state index < -0.39 is 11.7 Å². The third-order valence-corrected chi connectivity index (χ3v) is 5.21. The summed E-state index contributed by atoms with van der Waals surface area (Å²) in [6.07, 6.45) is 2.96. The lowest BCUT2D eigenvalue weighted by Gasteiger charge is -2.12. The van der Waals surface area contributed by atoms with Gasteiger partial charge in [0.25, 0.3) is 5.91 Å². The SMILES string of the molecule is CCCn1cc(CN=C(NC(=O)c2ccc(C)c(F)c2)Nc2ccc(Br)cc2)c(C)n1. The van der Waals surface area contributed by atoms with E-state index in [1.54, 1.807) is 19.1 Å². The highest BCUT2D eigenvalue weighted by molar-refractivity contribution is 9.10. The van der Waals surface area contributed by atoms with Crippen molar-refractivity contribution in [3.05, 3.63) is 81.3 Å². The Morgan fingerprint density at radius 3 is 2.61 bits per heavy atom. The van der Waals surface area contributed by atoms with Gasteiger partial charge in [0.05, 0.1) is 12.2 Å². The number of amides is 1. The van der Waals surface area contributed by atoms with E-state index in [4.69, 9.17) is 0 Å². The number of halogens is 2. The number of benzene rings is 2. The van der Waals surface area contributed by atoms with Crippen molar-refractivity contribution in [2.75, 3.05) is 5.32 Å². The molecule has 31 heavy (non-hydrogen) atoms. The molecule has 0 atom stereocenters. The van der Waals surface area contributed by atoms with Crippen LogP contribution < -0.4 is 10.6 Å². The molecule has 0 fully saturated rings. The number of nitrogens with one attached hydrogen (secondary N) is 2. The van der Waals surface area contributed by atoms with E-state index in [1.165, 1.54) is 6.07 Å². The Morgan fingerprint density at radius 1 is 1.19 bits per heavy atom. The normalized spacial score (nSPS) is 11.5. The summed E-state index contributed by atoms with van der Waals surface area (Å²) in [7, 11) is 0. The maximum absolute atomic E-state index is 13.9. The largest absolute Gasteiger partial charge is 0.326 e. The smallest absolute Gasteiger partial charge is 0.258 e. The molecule has 6 nitrogen and oxygen atoms in total. The number of hydrogen-bond acceptors (Lipinski definition) is 3. The third-order valence-electron chi connectivity index (χ3n) is 4.68. The minimum absolute atomic E-state index is 0.223. The molecule has 0 saturated heterocycles. The first-order valence-electron chi connectivity index (χ1n) is 10.0. The van der Waals surface area contributed by atoms with Crippen LogP contribution in [-0.4, -0.2) is 21.6 Å². The number of nitrogens with zero attached hydrogens (tertiary/aromatic N) is 3. The van der Waals surface area contributed by atoms with Crippen LogP contribution in [0.4, 0.5) is 10.1 Å². The Balaban J connectivity index is 1.82. The molecule has 0 aliphatic rings. The van der Waals surface area contributed by atoms with Crippen LogP contribution in [0.15, 0.2) is 58.1 Å². The molecule has 0 aliphatic heterocycles. The lowest BCUT2D eigenvalue weighted by atomic mass is 10.1. The van der Waals surface area contributed by atoms with Crippen LogP contribution in [0.5, 0.6) is 0 Å². The zero-order chi connectivity index (χ0) is 22.4. The molecule has 3 aromatic rings. The zero-order valence-electron chi connectivity index (χ0n) is 17.7. The summed E-state index contributed by atoms with van der Waals surface area (Å²) in [5, 5.41) is 10.4. The van der Waals surface area contributed by atoms with Gasteiger partial charge in [0, 0.05) is 34.0 Å². The molecular formula is C23H25BrFN5O. The van der Waals surface area contributed by atoms with Crippen LogP contribution in [0.3, 0.4) is 0 Å². The van der Waals surface area contributed by atoms with Gasteiger partial charge < -0.3 is 5.32 Å². The lowest BCUT2D eigenvalue weighted by Crippen LogP contribution is -2.36. The fourth-order valence-corrected chi connectivity index (χ4v) is 3.18. The molecule has 8 heteroatoms. The Morgan fingerprint density at radius 2 is 1.94 bits per heavy atom. The van der Waals surface area contributed by atoms with Crippen LogP contribution >= 0.6 is 15.9 Å². The van der Waals surface area contributed by atoms with Gasteiger partial charge >= 0.3 is 0 Å². The first-order valence-corrected chi connectivity index (χ1v) is 10.8. The second kappa shape index (κ2) is 10.3. The number of anilines is 1. The molecular weight excluding hydrogens is 461 g/mol. The molecule has 0 spiro atoms. The van der Waals surface area contributed by atoms with Gasteiger partial charge in [-0.15, -0.1) is 0 Å². The van der Waals surface area contributed by atoms with E-state index in [0.29, 0.717) is 12.1 Å². The first kappa shape index (κ1) is 22.7. The monoisotopic (exact) mass is 485 g/mol. The quantitative estimate of drug-likeness (QED) is 0.371. The van der Waals surface area contributed by atoms with Crippen molar-refractivity contribution in [2.24, 2.45) is 4.99 Å². The predicted octanol–water partition coefficient (Wildman–Crippen LogP) is 5.21. The molecule has 0 bridgehead atoms. The van der Waals surface area contributed by atoms with Gasteiger partial charge in [-0.05, 0) is 62.2 Å². The summed E-state index contributed by atoms with van der Waals surface area (Å²) in [6.45, 7) is 6.87. The molecule has 1 amide bonds. The standard InChI is InChI=1S/C23H25BrFN5O/c1-4-11-30-14-18(16(3)29-30)13-26-23(27-20-9-7-19(24)8-10-20)28-22(31)17-6-5-15(2)21(25)12-17/h5-10,12,14H,4,11,13H2,1-3H3,(H2,26,27,28,31). The molecule has 1 heterocycles. The average Bonchev–Trinajstić information content (AvgIpc) is 3.09. The van der Waals surface area contributed by atoms with Crippen molar-refractivity contribution in [2.45, 2.75) is 40.3 Å². The number of rotatable bonds is 6. The molecule has 1 aromatic heterocycles. The van der Waals surface area contributed by atoms with E-state index >= 15 is 0 Å². The van der Waals surface area contributed by atoms with Crippen molar-refractivity contribution >= 4 is 33.5 Å². The summed E-state index contributed by atoms with van der Waals surface area (Å²) in [6, 6.07) is 11.9. The third kappa shape index (κ3) is 6.24. The highest BCUT2D eigenvalue weighted by atomic mass is 79.9. The Hall–Kier alpha value is -3.00. The van der Waals surface area contributed by atoms with Crippen LogP contribution in [0, 0.1) is 19.7 Å². The number of aryl methyl sites for hydroxylation is 3. The number of guanidine groups is 1. The van der Waals surface area contributed by atoms with Gasteiger partial charge in [-0.3, -0.25) is 14.8 Å². The maximum atomic E-state index is 13.9. The van der Waals surface area contributed by atoms with Crippen LogP contribution in [0.2, 0.25) is 0 Å². The Bertz CT molecular complexity index is 1090. The Kier molecular flexibility index (Phi) is 7.57. The highest BCUT2D eigenvalue weighted by Gasteiger charge is 2.12. The topological polar surface area (TPSA) is 71.3 Å². The summed E-state index contributed by atoms with van der Waals surface area (Å²) >= 11 is 3.41. The zero-order valence-corrected chi connectivity index (χ0v) is 19.3. The van der Waals surface area contributed by atoms with Crippen LogP contribution in [-0.2, 0) is 13.1 Å². The second-order valence-electron chi connectivity index (χ2n) is 7.22. The number of aromatic nitrogens is 2. The first-order chi connectivity index (χ1) is 14.9. The van der Waals surface area contributed by atoms with Crippen LogP contribution in [0.1, 0.15) is 40.5 Å². The fraction of sp³-hybridized carbons (Fsp3) is 0.261. The van der Waals surface area contributed by atoms with E-state index in [1.807, 2.05) is 42.1 Å². The minimum Gasteiger partial charge on any atom is -0.326 e. The van der Waals surface area contributed by atoms with Crippen molar-refractivity contribution in [1.29, 1.82) is 0 Å². The highest BCUT2D eigenvalue weighted by Crippen LogP contribution is 2.15. The summed E-state index contributed by atoms with van der Waals surface area (Å²) in [5.74, 6) is -0.595. The van der Waals surface area contributed by atoms with Crippen molar-refractivity contribution in [1.82, 2.24) is 15.1 Å². The van der Waals surface area contributed by atoms with Crippen molar-refractivity contribution < 1.29 is 9.18 Å². The molecule has 2 aromatic carbocycles. The minimum atomic E-state index is -0.444. The van der Waals surface area contributed by atoms with E-state index in [9.17, 15) is 9.18 Å². The fourth-order valence-electron chi connectivity index (χ4n) is 2.92. The number of carbonyl (C=O) groups excluding carboxylic acids is 1. The van der Waals surface area contributed by atoms with E-state index in [-0.39, 0.29) is 11.5 Å². The molecule has 162 valence electrons. The Labute approximate surface area is 189 Å². The van der Waals surface area contributed by atoms with Gasteiger partial charge in [0.1, 0.15) is 5.82 Å². The van der Waals surface area contributed by atoms with Gasteiger partial charge in [-0.25, -0.2) is 9.38 Å². The van der Waals surface area contributed by atoms with Gasteiger partial charge in [0.15, 0.2) is 0 Å². The van der Waals surface area contributed by atoms with Crippen molar-refractivity contribution in [3.63, 3.8) is 0 Å². The number of hydrogen-bond donors (Lipinski definition) is 2. The van der Waals surface area contributed by atoms with Crippen molar-refractivity contribution in [3.8, 4) is 0 Å².